The topological polar surface area (TPSA) is 50.7 Å². The van der Waals surface area contributed by atoms with Crippen molar-refractivity contribution in [2.75, 3.05) is 19.8 Å². The molecule has 0 aromatic heterocycles. The van der Waals surface area contributed by atoms with Crippen LogP contribution in [0.1, 0.15) is 36.6 Å². The standard InChI is InChI=1S/C27H31NO3/c1-3-11-21-16-17-25(30-4-2)26(18-21)31-20-24(29)19-28-27(22-12-7-5-8-13-22)23-14-9-6-10-15-23/h3,5-18,24,27-29H,4,19-20H2,1-2H3. The molecule has 0 saturated carbocycles. The zero-order valence-electron chi connectivity index (χ0n) is 18.2. The van der Waals surface area contributed by atoms with Gasteiger partial charge in [0, 0.05) is 6.54 Å². The highest BCUT2D eigenvalue weighted by Gasteiger charge is 2.16. The second-order valence-electron chi connectivity index (χ2n) is 7.27. The first-order valence-corrected chi connectivity index (χ1v) is 10.7. The van der Waals surface area contributed by atoms with E-state index in [0.717, 1.165) is 16.7 Å². The van der Waals surface area contributed by atoms with Gasteiger partial charge >= 0.3 is 0 Å². The number of rotatable bonds is 11. The van der Waals surface area contributed by atoms with Crippen LogP contribution in [0.5, 0.6) is 11.5 Å². The SMILES string of the molecule is CC=Cc1ccc(OCC)c(OCC(O)CNC(c2ccccc2)c2ccccc2)c1. The number of ether oxygens (including phenoxy) is 2. The first kappa shape index (κ1) is 22.6. The number of nitrogens with one attached hydrogen (secondary N) is 1. The molecule has 3 aromatic rings. The van der Waals surface area contributed by atoms with E-state index in [1.807, 2.05) is 80.6 Å². The van der Waals surface area contributed by atoms with Crippen LogP contribution < -0.4 is 14.8 Å². The molecule has 3 rings (SSSR count). The van der Waals surface area contributed by atoms with Gasteiger partial charge in [0.25, 0.3) is 0 Å². The van der Waals surface area contributed by atoms with E-state index in [1.165, 1.54) is 0 Å². The van der Waals surface area contributed by atoms with Gasteiger partial charge in [0.2, 0.25) is 0 Å². The predicted octanol–water partition coefficient (Wildman–Crippen LogP) is 5.24. The number of benzene rings is 3. The number of hydrogen-bond acceptors (Lipinski definition) is 4. The first-order chi connectivity index (χ1) is 15.2. The third kappa shape index (κ3) is 6.71. The Morgan fingerprint density at radius 3 is 2.10 bits per heavy atom. The first-order valence-electron chi connectivity index (χ1n) is 10.7. The summed E-state index contributed by atoms with van der Waals surface area (Å²) in [4.78, 5) is 0. The Labute approximate surface area is 185 Å². The van der Waals surface area contributed by atoms with Crippen LogP contribution in [0.3, 0.4) is 0 Å². The molecule has 0 aliphatic rings. The highest BCUT2D eigenvalue weighted by atomic mass is 16.5. The minimum Gasteiger partial charge on any atom is -0.490 e. The van der Waals surface area contributed by atoms with E-state index >= 15 is 0 Å². The molecule has 1 unspecified atom stereocenters. The van der Waals surface area contributed by atoms with Crippen molar-refractivity contribution in [3.05, 3.63) is 102 Å². The molecule has 0 aliphatic carbocycles. The lowest BCUT2D eigenvalue weighted by Gasteiger charge is -2.22. The lowest BCUT2D eigenvalue weighted by atomic mass is 9.98. The summed E-state index contributed by atoms with van der Waals surface area (Å²) in [5.41, 5.74) is 3.33. The maximum absolute atomic E-state index is 10.6. The Balaban J connectivity index is 1.65. The second kappa shape index (κ2) is 11.9. The lowest BCUT2D eigenvalue weighted by molar-refractivity contribution is 0.102. The van der Waals surface area contributed by atoms with Gasteiger partial charge in [-0.3, -0.25) is 0 Å². The molecule has 31 heavy (non-hydrogen) atoms. The quantitative estimate of drug-likeness (QED) is 0.448. The average Bonchev–Trinajstić information content (AvgIpc) is 2.81. The predicted molar refractivity (Wildman–Crippen MR) is 127 cm³/mol. The van der Waals surface area contributed by atoms with Gasteiger partial charge in [-0.25, -0.2) is 0 Å². The zero-order chi connectivity index (χ0) is 21.9. The van der Waals surface area contributed by atoms with Crippen LogP contribution in [-0.4, -0.2) is 31.0 Å². The summed E-state index contributed by atoms with van der Waals surface area (Å²) in [7, 11) is 0. The van der Waals surface area contributed by atoms with E-state index in [1.54, 1.807) is 0 Å². The number of allylic oxidation sites excluding steroid dienone is 1. The normalized spacial score (nSPS) is 12.3. The molecule has 3 aromatic carbocycles. The van der Waals surface area contributed by atoms with E-state index in [0.29, 0.717) is 24.7 Å². The fraction of sp³-hybridized carbons (Fsp3) is 0.259. The van der Waals surface area contributed by atoms with Crippen molar-refractivity contribution >= 4 is 6.08 Å². The molecular formula is C27H31NO3. The van der Waals surface area contributed by atoms with Gasteiger partial charge in [0.1, 0.15) is 12.7 Å². The minimum atomic E-state index is -0.672. The van der Waals surface area contributed by atoms with E-state index in [2.05, 4.69) is 29.6 Å². The number of hydrogen-bond donors (Lipinski definition) is 2. The van der Waals surface area contributed by atoms with E-state index in [9.17, 15) is 5.11 Å². The van der Waals surface area contributed by atoms with E-state index < -0.39 is 6.10 Å². The van der Waals surface area contributed by atoms with Crippen LogP contribution in [0.25, 0.3) is 6.08 Å². The van der Waals surface area contributed by atoms with Gasteiger partial charge in [-0.2, -0.15) is 0 Å². The number of aliphatic hydroxyl groups excluding tert-OH is 1. The molecule has 4 nitrogen and oxygen atoms in total. The van der Waals surface area contributed by atoms with Crippen LogP contribution in [0, 0.1) is 0 Å². The highest BCUT2D eigenvalue weighted by Crippen LogP contribution is 2.29. The van der Waals surface area contributed by atoms with Crippen LogP contribution in [-0.2, 0) is 0 Å². The van der Waals surface area contributed by atoms with Gasteiger partial charge < -0.3 is 19.9 Å². The van der Waals surface area contributed by atoms with Gasteiger partial charge in [0.05, 0.1) is 12.6 Å². The maximum atomic E-state index is 10.6. The van der Waals surface area contributed by atoms with Crippen molar-refractivity contribution in [1.82, 2.24) is 5.32 Å². The summed E-state index contributed by atoms with van der Waals surface area (Å²) in [6, 6.07) is 26.3. The third-order valence-electron chi connectivity index (χ3n) is 4.88. The summed E-state index contributed by atoms with van der Waals surface area (Å²) >= 11 is 0. The van der Waals surface area contributed by atoms with Crippen molar-refractivity contribution in [2.45, 2.75) is 26.0 Å². The lowest BCUT2D eigenvalue weighted by Crippen LogP contribution is -2.34. The molecule has 0 aliphatic heterocycles. The summed E-state index contributed by atoms with van der Waals surface area (Å²) in [6.45, 7) is 5.03. The molecular weight excluding hydrogens is 386 g/mol. The summed E-state index contributed by atoms with van der Waals surface area (Å²) in [5, 5.41) is 14.1. The van der Waals surface area contributed by atoms with E-state index in [-0.39, 0.29) is 12.6 Å². The zero-order valence-corrected chi connectivity index (χ0v) is 18.2. The fourth-order valence-corrected chi connectivity index (χ4v) is 3.43. The maximum Gasteiger partial charge on any atom is 0.161 e. The molecule has 2 N–H and O–H groups in total. The molecule has 0 heterocycles. The molecule has 0 bridgehead atoms. The van der Waals surface area contributed by atoms with Crippen LogP contribution in [0.2, 0.25) is 0 Å². The van der Waals surface area contributed by atoms with Gasteiger partial charge in [-0.1, -0.05) is 78.9 Å². The van der Waals surface area contributed by atoms with Crippen LogP contribution in [0.4, 0.5) is 0 Å². The average molecular weight is 418 g/mol. The highest BCUT2D eigenvalue weighted by molar-refractivity contribution is 5.55. The van der Waals surface area contributed by atoms with Crippen LogP contribution >= 0.6 is 0 Å². The Morgan fingerprint density at radius 2 is 1.52 bits per heavy atom. The molecule has 1 atom stereocenters. The molecule has 0 saturated heterocycles. The van der Waals surface area contributed by atoms with Crippen molar-refractivity contribution in [3.8, 4) is 11.5 Å². The van der Waals surface area contributed by atoms with Crippen molar-refractivity contribution in [3.63, 3.8) is 0 Å². The Morgan fingerprint density at radius 1 is 0.871 bits per heavy atom. The number of aliphatic hydroxyl groups is 1. The smallest absolute Gasteiger partial charge is 0.161 e. The second-order valence-corrected chi connectivity index (χ2v) is 7.27. The third-order valence-corrected chi connectivity index (χ3v) is 4.88. The van der Waals surface area contributed by atoms with Crippen molar-refractivity contribution in [1.29, 1.82) is 0 Å². The summed E-state index contributed by atoms with van der Waals surface area (Å²) < 4.78 is 11.6. The largest absolute Gasteiger partial charge is 0.490 e. The fourth-order valence-electron chi connectivity index (χ4n) is 3.43. The molecule has 4 heteroatoms. The van der Waals surface area contributed by atoms with Crippen LogP contribution in [0.15, 0.2) is 84.9 Å². The molecule has 0 radical (unpaired) electrons. The monoisotopic (exact) mass is 417 g/mol. The van der Waals surface area contributed by atoms with E-state index in [4.69, 9.17) is 9.47 Å². The van der Waals surface area contributed by atoms with Gasteiger partial charge in [0.15, 0.2) is 11.5 Å². The van der Waals surface area contributed by atoms with Crippen molar-refractivity contribution in [2.24, 2.45) is 0 Å². The Hall–Kier alpha value is -3.08. The minimum absolute atomic E-state index is 0.00550. The summed E-state index contributed by atoms with van der Waals surface area (Å²) in [5.74, 6) is 1.32. The molecule has 0 spiro atoms. The molecule has 0 amide bonds. The molecule has 162 valence electrons. The Bertz CT molecular complexity index is 902. The van der Waals surface area contributed by atoms with Crippen molar-refractivity contribution < 1.29 is 14.6 Å². The summed E-state index contributed by atoms with van der Waals surface area (Å²) in [6.07, 6.45) is 3.31. The molecule has 0 fully saturated rings. The van der Waals surface area contributed by atoms with Gasteiger partial charge in [-0.05, 0) is 42.7 Å². The Kier molecular flexibility index (Phi) is 8.71. The van der Waals surface area contributed by atoms with Gasteiger partial charge in [-0.15, -0.1) is 0 Å².